The lowest BCUT2D eigenvalue weighted by Gasteiger charge is -2.21. The number of hydrogen-bond acceptors (Lipinski definition) is 4. The van der Waals surface area contributed by atoms with Gasteiger partial charge in [0.25, 0.3) is 0 Å². The summed E-state index contributed by atoms with van der Waals surface area (Å²) in [5, 5.41) is 17.2. The van der Waals surface area contributed by atoms with E-state index in [9.17, 15) is 9.59 Å². The highest BCUT2D eigenvalue weighted by Gasteiger charge is 2.13. The first-order chi connectivity index (χ1) is 7.61. The van der Waals surface area contributed by atoms with E-state index in [0.717, 1.165) is 0 Å². The molecule has 0 rings (SSSR count). The number of carbonyl (C=O) groups is 2. The summed E-state index contributed by atoms with van der Waals surface area (Å²) in [6, 6.07) is 0. The number of amides is 1. The maximum Gasteiger partial charge on any atom is 0.303 e. The number of aliphatic hydroxyl groups excluding tert-OH is 1. The van der Waals surface area contributed by atoms with Crippen molar-refractivity contribution >= 4 is 11.9 Å². The van der Waals surface area contributed by atoms with Gasteiger partial charge in [0.05, 0.1) is 13.0 Å². The average Bonchev–Trinajstić information content (AvgIpc) is 2.25. The molecule has 0 saturated carbocycles. The molecule has 0 aromatic carbocycles. The number of nitrogens with zero attached hydrogens (tertiary/aromatic N) is 1. The zero-order valence-electron chi connectivity index (χ0n) is 9.52. The van der Waals surface area contributed by atoms with E-state index in [2.05, 4.69) is 0 Å². The Hall–Kier alpha value is -1.14. The summed E-state index contributed by atoms with van der Waals surface area (Å²) in [4.78, 5) is 23.3. The molecule has 0 unspecified atom stereocenters. The van der Waals surface area contributed by atoms with Crippen LogP contribution in [-0.2, 0) is 14.3 Å². The molecule has 94 valence electrons. The molecule has 6 heteroatoms. The van der Waals surface area contributed by atoms with Gasteiger partial charge in [0.1, 0.15) is 0 Å². The Morgan fingerprint density at radius 1 is 1.25 bits per heavy atom. The van der Waals surface area contributed by atoms with Gasteiger partial charge in [-0.15, -0.1) is 0 Å². The van der Waals surface area contributed by atoms with Crippen LogP contribution in [0.2, 0.25) is 0 Å². The summed E-state index contributed by atoms with van der Waals surface area (Å²) in [5.41, 5.74) is 0. The van der Waals surface area contributed by atoms with E-state index in [4.69, 9.17) is 14.9 Å². The van der Waals surface area contributed by atoms with Crippen LogP contribution >= 0.6 is 0 Å². The van der Waals surface area contributed by atoms with Gasteiger partial charge in [0.15, 0.2) is 0 Å². The van der Waals surface area contributed by atoms with Crippen LogP contribution in [0.25, 0.3) is 0 Å². The summed E-state index contributed by atoms with van der Waals surface area (Å²) in [6.07, 6.45) is 0.475. The van der Waals surface area contributed by atoms with Crippen LogP contribution in [0, 0.1) is 0 Å². The molecule has 16 heavy (non-hydrogen) atoms. The summed E-state index contributed by atoms with van der Waals surface area (Å²) in [6.45, 7) is 1.13. The highest BCUT2D eigenvalue weighted by molar-refractivity contribution is 5.80. The standard InChI is InChI=1S/C10H19NO5/c1-16-8-2-5-11(6-7-12)9(13)3-4-10(14)15/h12H,2-8H2,1H3,(H,14,15). The third kappa shape index (κ3) is 7.19. The zero-order chi connectivity index (χ0) is 12.4. The Bertz CT molecular complexity index is 219. The van der Waals surface area contributed by atoms with Crippen molar-refractivity contribution in [2.24, 2.45) is 0 Å². The third-order valence-electron chi connectivity index (χ3n) is 2.05. The highest BCUT2D eigenvalue weighted by Crippen LogP contribution is 2.00. The first-order valence-electron chi connectivity index (χ1n) is 5.21. The molecule has 0 fully saturated rings. The van der Waals surface area contributed by atoms with Crippen molar-refractivity contribution in [2.75, 3.05) is 33.4 Å². The fourth-order valence-electron chi connectivity index (χ4n) is 1.25. The molecule has 0 aliphatic heterocycles. The molecule has 2 N–H and O–H groups in total. The van der Waals surface area contributed by atoms with Gasteiger partial charge >= 0.3 is 5.97 Å². The van der Waals surface area contributed by atoms with Gasteiger partial charge < -0.3 is 19.8 Å². The maximum atomic E-state index is 11.5. The number of aliphatic hydroxyl groups is 1. The predicted molar refractivity (Wildman–Crippen MR) is 57.0 cm³/mol. The monoisotopic (exact) mass is 233 g/mol. The molecule has 0 bridgehead atoms. The summed E-state index contributed by atoms with van der Waals surface area (Å²) in [7, 11) is 1.57. The van der Waals surface area contributed by atoms with Crippen molar-refractivity contribution in [3.63, 3.8) is 0 Å². The van der Waals surface area contributed by atoms with Gasteiger partial charge in [-0.2, -0.15) is 0 Å². The Labute approximate surface area is 94.8 Å². The van der Waals surface area contributed by atoms with Gasteiger partial charge in [-0.3, -0.25) is 9.59 Å². The van der Waals surface area contributed by atoms with Crippen LogP contribution in [0.15, 0.2) is 0 Å². The molecule has 0 heterocycles. The lowest BCUT2D eigenvalue weighted by Crippen LogP contribution is -2.35. The number of carbonyl (C=O) groups excluding carboxylic acids is 1. The smallest absolute Gasteiger partial charge is 0.303 e. The number of carboxylic acids is 1. The Morgan fingerprint density at radius 3 is 2.44 bits per heavy atom. The molecule has 0 saturated heterocycles. The molecule has 6 nitrogen and oxygen atoms in total. The third-order valence-corrected chi connectivity index (χ3v) is 2.05. The molecule has 0 aliphatic rings. The largest absolute Gasteiger partial charge is 0.481 e. The summed E-state index contributed by atoms with van der Waals surface area (Å²) >= 11 is 0. The maximum absolute atomic E-state index is 11.5. The van der Waals surface area contributed by atoms with E-state index in [1.165, 1.54) is 4.90 Å². The minimum absolute atomic E-state index is 0.0255. The van der Waals surface area contributed by atoms with Crippen molar-refractivity contribution in [1.29, 1.82) is 0 Å². The second-order valence-electron chi connectivity index (χ2n) is 3.34. The zero-order valence-corrected chi connectivity index (χ0v) is 9.52. The summed E-state index contributed by atoms with van der Waals surface area (Å²) < 4.78 is 4.85. The molecule has 0 aliphatic carbocycles. The number of methoxy groups -OCH3 is 1. The normalized spacial score (nSPS) is 10.1. The molecular weight excluding hydrogens is 214 g/mol. The van der Waals surface area contributed by atoms with Crippen LogP contribution < -0.4 is 0 Å². The van der Waals surface area contributed by atoms with E-state index in [1.54, 1.807) is 7.11 Å². The van der Waals surface area contributed by atoms with E-state index >= 15 is 0 Å². The Morgan fingerprint density at radius 2 is 1.94 bits per heavy atom. The van der Waals surface area contributed by atoms with Crippen molar-refractivity contribution in [2.45, 2.75) is 19.3 Å². The number of hydrogen-bond donors (Lipinski definition) is 2. The lowest BCUT2D eigenvalue weighted by atomic mass is 10.2. The average molecular weight is 233 g/mol. The highest BCUT2D eigenvalue weighted by atomic mass is 16.5. The second-order valence-corrected chi connectivity index (χ2v) is 3.34. The number of aliphatic carboxylic acids is 1. The van der Waals surface area contributed by atoms with Crippen molar-refractivity contribution in [1.82, 2.24) is 4.90 Å². The molecule has 0 atom stereocenters. The molecule has 0 radical (unpaired) electrons. The fraction of sp³-hybridized carbons (Fsp3) is 0.800. The molecule has 0 aromatic rings. The minimum Gasteiger partial charge on any atom is -0.481 e. The van der Waals surface area contributed by atoms with Crippen LogP contribution in [-0.4, -0.2) is 60.4 Å². The SMILES string of the molecule is COCCCN(CCO)C(=O)CCC(=O)O. The van der Waals surface area contributed by atoms with Crippen LogP contribution in [0.4, 0.5) is 0 Å². The fourth-order valence-corrected chi connectivity index (χ4v) is 1.25. The predicted octanol–water partition coefficient (Wildman–Crippen LogP) is -0.291. The van der Waals surface area contributed by atoms with E-state index in [1.807, 2.05) is 0 Å². The number of carboxylic acid groups (broad SMARTS) is 1. The molecule has 0 spiro atoms. The number of rotatable bonds is 9. The minimum atomic E-state index is -0.991. The first-order valence-corrected chi connectivity index (χ1v) is 5.21. The first kappa shape index (κ1) is 14.9. The quantitative estimate of drug-likeness (QED) is 0.534. The second kappa shape index (κ2) is 9.11. The van der Waals surface area contributed by atoms with Crippen LogP contribution in [0.3, 0.4) is 0 Å². The van der Waals surface area contributed by atoms with Crippen molar-refractivity contribution < 1.29 is 24.5 Å². The Balaban J connectivity index is 3.96. The van der Waals surface area contributed by atoms with Gasteiger partial charge in [-0.25, -0.2) is 0 Å². The molecular formula is C10H19NO5. The van der Waals surface area contributed by atoms with Gasteiger partial charge in [-0.1, -0.05) is 0 Å². The topological polar surface area (TPSA) is 87.1 Å². The Kier molecular flexibility index (Phi) is 8.46. The van der Waals surface area contributed by atoms with E-state index in [-0.39, 0.29) is 31.9 Å². The van der Waals surface area contributed by atoms with Crippen molar-refractivity contribution in [3.8, 4) is 0 Å². The summed E-state index contributed by atoms with van der Waals surface area (Å²) in [5.74, 6) is -1.23. The van der Waals surface area contributed by atoms with Crippen LogP contribution in [0.1, 0.15) is 19.3 Å². The van der Waals surface area contributed by atoms with Gasteiger partial charge in [0.2, 0.25) is 5.91 Å². The molecule has 0 aromatic heterocycles. The van der Waals surface area contributed by atoms with E-state index < -0.39 is 5.97 Å². The van der Waals surface area contributed by atoms with Gasteiger partial charge in [0, 0.05) is 33.2 Å². The lowest BCUT2D eigenvalue weighted by molar-refractivity contribution is -0.141. The van der Waals surface area contributed by atoms with Gasteiger partial charge in [-0.05, 0) is 6.42 Å². The van der Waals surface area contributed by atoms with Crippen LogP contribution in [0.5, 0.6) is 0 Å². The number of ether oxygens (including phenoxy) is 1. The molecule has 1 amide bonds. The van der Waals surface area contributed by atoms with Crippen molar-refractivity contribution in [3.05, 3.63) is 0 Å². The van der Waals surface area contributed by atoms with E-state index in [0.29, 0.717) is 19.6 Å².